The fourth-order valence-electron chi connectivity index (χ4n) is 1.58. The standard InChI is InChI=1S/C13H25ClN2O2/c1-3-9-15-12(17)11-16(10-4-2)13(18)7-5-6-8-14/h3-11H2,1-2H3,(H,15,17). The predicted molar refractivity (Wildman–Crippen MR) is 74.7 cm³/mol. The molecular weight excluding hydrogens is 252 g/mol. The highest BCUT2D eigenvalue weighted by molar-refractivity contribution is 6.17. The topological polar surface area (TPSA) is 49.4 Å². The summed E-state index contributed by atoms with van der Waals surface area (Å²) < 4.78 is 0. The number of hydrogen-bond acceptors (Lipinski definition) is 2. The van der Waals surface area contributed by atoms with Crippen molar-refractivity contribution in [3.05, 3.63) is 0 Å². The number of nitrogens with zero attached hydrogens (tertiary/aromatic N) is 1. The summed E-state index contributed by atoms with van der Waals surface area (Å²) in [5, 5.41) is 2.79. The van der Waals surface area contributed by atoms with Gasteiger partial charge in [-0.15, -0.1) is 11.6 Å². The zero-order valence-electron chi connectivity index (χ0n) is 11.5. The van der Waals surface area contributed by atoms with Crippen molar-refractivity contribution < 1.29 is 9.59 Å². The van der Waals surface area contributed by atoms with Crippen LogP contribution < -0.4 is 5.32 Å². The Kier molecular flexibility index (Phi) is 10.8. The van der Waals surface area contributed by atoms with Crippen LogP contribution in [0.15, 0.2) is 0 Å². The zero-order chi connectivity index (χ0) is 13.8. The van der Waals surface area contributed by atoms with Gasteiger partial charge < -0.3 is 10.2 Å². The van der Waals surface area contributed by atoms with Crippen molar-refractivity contribution in [2.75, 3.05) is 25.5 Å². The van der Waals surface area contributed by atoms with Crippen LogP contribution in [0.25, 0.3) is 0 Å². The number of rotatable bonds is 10. The normalized spacial score (nSPS) is 10.2. The van der Waals surface area contributed by atoms with Crippen LogP contribution >= 0.6 is 11.6 Å². The molecule has 0 radical (unpaired) electrons. The van der Waals surface area contributed by atoms with E-state index in [-0.39, 0.29) is 18.4 Å². The summed E-state index contributed by atoms with van der Waals surface area (Å²) in [7, 11) is 0. The summed E-state index contributed by atoms with van der Waals surface area (Å²) in [6.07, 6.45) is 3.88. The van der Waals surface area contributed by atoms with Crippen molar-refractivity contribution in [3.8, 4) is 0 Å². The lowest BCUT2D eigenvalue weighted by atomic mass is 10.2. The quantitative estimate of drug-likeness (QED) is 0.491. The average molecular weight is 277 g/mol. The molecule has 106 valence electrons. The smallest absolute Gasteiger partial charge is 0.239 e. The van der Waals surface area contributed by atoms with Gasteiger partial charge in [0.15, 0.2) is 0 Å². The van der Waals surface area contributed by atoms with E-state index in [9.17, 15) is 9.59 Å². The van der Waals surface area contributed by atoms with E-state index in [2.05, 4.69) is 5.32 Å². The molecule has 0 heterocycles. The Morgan fingerprint density at radius 2 is 1.89 bits per heavy atom. The number of amides is 2. The zero-order valence-corrected chi connectivity index (χ0v) is 12.3. The maximum Gasteiger partial charge on any atom is 0.239 e. The van der Waals surface area contributed by atoms with Crippen LogP contribution in [-0.4, -0.2) is 42.2 Å². The molecule has 0 aromatic heterocycles. The second kappa shape index (κ2) is 11.3. The van der Waals surface area contributed by atoms with Gasteiger partial charge in [-0.1, -0.05) is 13.8 Å². The Morgan fingerprint density at radius 1 is 1.17 bits per heavy atom. The highest BCUT2D eigenvalue weighted by Crippen LogP contribution is 2.03. The summed E-state index contributed by atoms with van der Waals surface area (Å²) in [5.41, 5.74) is 0. The maximum atomic E-state index is 11.9. The van der Waals surface area contributed by atoms with E-state index in [0.29, 0.717) is 25.4 Å². The third-order valence-electron chi connectivity index (χ3n) is 2.53. The van der Waals surface area contributed by atoms with Gasteiger partial charge in [-0.3, -0.25) is 9.59 Å². The van der Waals surface area contributed by atoms with Crippen molar-refractivity contribution in [2.24, 2.45) is 0 Å². The van der Waals surface area contributed by atoms with Gasteiger partial charge in [-0.25, -0.2) is 0 Å². The molecule has 0 aromatic carbocycles. The first-order chi connectivity index (χ1) is 8.65. The summed E-state index contributed by atoms with van der Waals surface area (Å²) >= 11 is 5.58. The van der Waals surface area contributed by atoms with Gasteiger partial charge in [0.2, 0.25) is 11.8 Å². The van der Waals surface area contributed by atoms with Crippen LogP contribution in [0.1, 0.15) is 46.0 Å². The molecule has 0 aliphatic rings. The number of carbonyl (C=O) groups excluding carboxylic acids is 2. The molecule has 0 rings (SSSR count). The second-order valence-electron chi connectivity index (χ2n) is 4.31. The first kappa shape index (κ1) is 17.2. The third-order valence-corrected chi connectivity index (χ3v) is 2.79. The average Bonchev–Trinajstić information content (AvgIpc) is 2.36. The monoisotopic (exact) mass is 276 g/mol. The SMILES string of the molecule is CCCNC(=O)CN(CCC)C(=O)CCCCCl. The molecule has 0 fully saturated rings. The molecule has 0 saturated carbocycles. The molecule has 0 aliphatic carbocycles. The van der Waals surface area contributed by atoms with Crippen LogP contribution in [0.4, 0.5) is 0 Å². The van der Waals surface area contributed by atoms with E-state index in [1.807, 2.05) is 13.8 Å². The van der Waals surface area contributed by atoms with Gasteiger partial charge in [0.25, 0.3) is 0 Å². The Bertz CT molecular complexity index is 247. The number of halogens is 1. The molecule has 18 heavy (non-hydrogen) atoms. The molecule has 4 nitrogen and oxygen atoms in total. The van der Waals surface area contributed by atoms with Crippen molar-refractivity contribution in [2.45, 2.75) is 46.0 Å². The summed E-state index contributed by atoms with van der Waals surface area (Å²) in [5.74, 6) is 0.558. The molecule has 0 aromatic rings. The van der Waals surface area contributed by atoms with Crippen LogP contribution in [0.5, 0.6) is 0 Å². The number of carbonyl (C=O) groups is 2. The first-order valence-electron chi connectivity index (χ1n) is 6.76. The largest absolute Gasteiger partial charge is 0.355 e. The molecule has 1 N–H and O–H groups in total. The molecule has 0 aliphatic heterocycles. The van der Waals surface area contributed by atoms with Gasteiger partial charge >= 0.3 is 0 Å². The highest BCUT2D eigenvalue weighted by atomic mass is 35.5. The molecule has 0 unspecified atom stereocenters. The Balaban J connectivity index is 4.10. The minimum atomic E-state index is -0.0732. The van der Waals surface area contributed by atoms with Crippen LogP contribution in [0.3, 0.4) is 0 Å². The Morgan fingerprint density at radius 3 is 2.44 bits per heavy atom. The number of nitrogens with one attached hydrogen (secondary N) is 1. The molecule has 0 saturated heterocycles. The van der Waals surface area contributed by atoms with Crippen molar-refractivity contribution >= 4 is 23.4 Å². The Labute approximate surface area is 115 Å². The highest BCUT2D eigenvalue weighted by Gasteiger charge is 2.15. The molecule has 2 amide bonds. The van der Waals surface area contributed by atoms with Crippen LogP contribution in [0, 0.1) is 0 Å². The van der Waals surface area contributed by atoms with Crippen molar-refractivity contribution in [1.29, 1.82) is 0 Å². The lowest BCUT2D eigenvalue weighted by Gasteiger charge is -2.21. The van der Waals surface area contributed by atoms with Crippen LogP contribution in [0.2, 0.25) is 0 Å². The first-order valence-corrected chi connectivity index (χ1v) is 7.29. The number of hydrogen-bond donors (Lipinski definition) is 1. The fraction of sp³-hybridized carbons (Fsp3) is 0.846. The second-order valence-corrected chi connectivity index (χ2v) is 4.69. The molecule has 5 heteroatoms. The third kappa shape index (κ3) is 8.34. The van der Waals surface area contributed by atoms with E-state index >= 15 is 0 Å². The molecule has 0 bridgehead atoms. The van der Waals surface area contributed by atoms with E-state index in [1.165, 1.54) is 0 Å². The van der Waals surface area contributed by atoms with Gasteiger partial charge in [0.1, 0.15) is 0 Å². The predicted octanol–water partition coefficient (Wildman–Crippen LogP) is 2.16. The van der Waals surface area contributed by atoms with Gasteiger partial charge in [0.05, 0.1) is 6.54 Å². The minimum Gasteiger partial charge on any atom is -0.355 e. The van der Waals surface area contributed by atoms with Crippen molar-refractivity contribution in [3.63, 3.8) is 0 Å². The summed E-state index contributed by atoms with van der Waals surface area (Å²) in [4.78, 5) is 25.2. The van der Waals surface area contributed by atoms with Gasteiger partial charge in [0, 0.05) is 25.4 Å². The molecular formula is C13H25ClN2O2. The van der Waals surface area contributed by atoms with E-state index < -0.39 is 0 Å². The molecule has 0 atom stereocenters. The summed E-state index contributed by atoms with van der Waals surface area (Å²) in [6.45, 7) is 5.48. The lowest BCUT2D eigenvalue weighted by Crippen LogP contribution is -2.41. The number of alkyl halides is 1. The van der Waals surface area contributed by atoms with E-state index in [1.54, 1.807) is 4.90 Å². The summed E-state index contributed by atoms with van der Waals surface area (Å²) in [6, 6.07) is 0. The number of unbranched alkanes of at least 4 members (excludes halogenated alkanes) is 1. The van der Waals surface area contributed by atoms with Crippen molar-refractivity contribution in [1.82, 2.24) is 10.2 Å². The maximum absolute atomic E-state index is 11.9. The van der Waals surface area contributed by atoms with E-state index in [0.717, 1.165) is 25.7 Å². The van der Waals surface area contributed by atoms with Crippen LogP contribution in [-0.2, 0) is 9.59 Å². The Hall–Kier alpha value is -0.770. The van der Waals surface area contributed by atoms with Gasteiger partial charge in [-0.2, -0.15) is 0 Å². The fourth-order valence-corrected chi connectivity index (χ4v) is 1.77. The van der Waals surface area contributed by atoms with E-state index in [4.69, 9.17) is 11.6 Å². The molecule has 0 spiro atoms. The van der Waals surface area contributed by atoms with Gasteiger partial charge in [-0.05, 0) is 25.7 Å². The minimum absolute atomic E-state index is 0.0496. The lowest BCUT2D eigenvalue weighted by molar-refractivity contribution is -0.136.